The molecule has 1 N–H and O–H groups in total. The minimum absolute atomic E-state index is 0.0560. The number of nitrogens with zero attached hydrogens (tertiary/aromatic N) is 3. The maximum absolute atomic E-state index is 12.3. The number of rotatable bonds is 4. The Kier molecular flexibility index (Phi) is 4.79. The Balaban J connectivity index is 1.63. The molecule has 2 amide bonds. The maximum Gasteiger partial charge on any atom is 0.265 e. The second-order valence-electron chi connectivity index (χ2n) is 6.23. The summed E-state index contributed by atoms with van der Waals surface area (Å²) in [5.41, 5.74) is 2.85. The average Bonchev–Trinajstić information content (AvgIpc) is 3.08. The van der Waals surface area contributed by atoms with Gasteiger partial charge in [0.25, 0.3) is 11.8 Å². The largest absolute Gasteiger partial charge is 0.482 e. The topological polar surface area (TPSA) is 84.4 Å². The van der Waals surface area contributed by atoms with Crippen LogP contribution in [0.25, 0.3) is 11.3 Å². The van der Waals surface area contributed by atoms with Gasteiger partial charge in [-0.2, -0.15) is 0 Å². The van der Waals surface area contributed by atoms with Crippen molar-refractivity contribution >= 4 is 34.0 Å². The molecule has 2 aromatic heterocycles. The fourth-order valence-electron chi connectivity index (χ4n) is 3.08. The SMILES string of the molecule is CCN1C(=O)COc2ccc(-c3nc(NC(=O)c4cccnc4)sc3C)cc21. The smallest absolute Gasteiger partial charge is 0.265 e. The first-order valence-corrected chi connectivity index (χ1v) is 9.65. The quantitative estimate of drug-likeness (QED) is 0.732. The summed E-state index contributed by atoms with van der Waals surface area (Å²) in [5.74, 6) is 0.366. The molecule has 0 unspecified atom stereocenters. The second-order valence-corrected chi connectivity index (χ2v) is 7.43. The summed E-state index contributed by atoms with van der Waals surface area (Å²) in [5, 5.41) is 3.33. The van der Waals surface area contributed by atoms with E-state index in [1.807, 2.05) is 32.0 Å². The first kappa shape index (κ1) is 18.1. The predicted molar refractivity (Wildman–Crippen MR) is 108 cm³/mol. The van der Waals surface area contributed by atoms with Crippen LogP contribution >= 0.6 is 11.3 Å². The molecule has 7 nitrogen and oxygen atoms in total. The Bertz CT molecular complexity index is 1050. The normalized spacial score (nSPS) is 13.1. The monoisotopic (exact) mass is 394 g/mol. The number of hydrogen-bond acceptors (Lipinski definition) is 6. The van der Waals surface area contributed by atoms with Crippen molar-refractivity contribution < 1.29 is 14.3 Å². The molecule has 142 valence electrons. The first-order valence-electron chi connectivity index (χ1n) is 8.83. The van der Waals surface area contributed by atoms with Gasteiger partial charge in [-0.15, -0.1) is 11.3 Å². The molecule has 0 radical (unpaired) electrons. The molecular weight excluding hydrogens is 376 g/mol. The Morgan fingerprint density at radius 2 is 2.21 bits per heavy atom. The van der Waals surface area contributed by atoms with Gasteiger partial charge in [0.15, 0.2) is 11.7 Å². The van der Waals surface area contributed by atoms with Gasteiger partial charge in [-0.25, -0.2) is 4.98 Å². The highest BCUT2D eigenvalue weighted by atomic mass is 32.1. The van der Waals surface area contributed by atoms with Crippen LogP contribution < -0.4 is 15.0 Å². The molecule has 3 heterocycles. The van der Waals surface area contributed by atoms with Crippen LogP contribution in [0.2, 0.25) is 0 Å². The number of carbonyl (C=O) groups excluding carboxylic acids is 2. The zero-order chi connectivity index (χ0) is 19.7. The molecule has 3 aromatic rings. The van der Waals surface area contributed by atoms with Crippen LogP contribution in [-0.2, 0) is 4.79 Å². The van der Waals surface area contributed by atoms with Crippen molar-refractivity contribution in [3.63, 3.8) is 0 Å². The third-order valence-corrected chi connectivity index (χ3v) is 5.32. The summed E-state index contributed by atoms with van der Waals surface area (Å²) >= 11 is 1.40. The van der Waals surface area contributed by atoms with E-state index < -0.39 is 0 Å². The van der Waals surface area contributed by atoms with Crippen LogP contribution in [0.3, 0.4) is 0 Å². The van der Waals surface area contributed by atoms with Crippen molar-refractivity contribution in [3.05, 3.63) is 53.2 Å². The lowest BCUT2D eigenvalue weighted by Gasteiger charge is -2.28. The molecule has 0 spiro atoms. The van der Waals surface area contributed by atoms with Gasteiger partial charge in [0.2, 0.25) is 0 Å². The van der Waals surface area contributed by atoms with Crippen molar-refractivity contribution in [1.82, 2.24) is 9.97 Å². The number of carbonyl (C=O) groups is 2. The standard InChI is InChI=1S/C20H18N4O3S/c1-3-24-15-9-13(6-7-16(15)27-11-17(24)25)18-12(2)28-20(22-18)23-19(26)14-5-4-8-21-10-14/h4-10H,3,11H2,1-2H3,(H,22,23,26). The van der Waals surface area contributed by atoms with Crippen molar-refractivity contribution in [3.8, 4) is 17.0 Å². The van der Waals surface area contributed by atoms with Gasteiger partial charge in [0.05, 0.1) is 16.9 Å². The van der Waals surface area contributed by atoms with Crippen molar-refractivity contribution in [2.75, 3.05) is 23.4 Å². The number of likely N-dealkylation sites (N-methyl/N-ethyl adjacent to an activating group) is 1. The van der Waals surface area contributed by atoms with Crippen LogP contribution in [0.4, 0.5) is 10.8 Å². The van der Waals surface area contributed by atoms with E-state index in [0.717, 1.165) is 21.8 Å². The minimum Gasteiger partial charge on any atom is -0.482 e. The molecule has 0 aliphatic carbocycles. The van der Waals surface area contributed by atoms with E-state index in [4.69, 9.17) is 4.74 Å². The van der Waals surface area contributed by atoms with Crippen molar-refractivity contribution in [2.45, 2.75) is 13.8 Å². The molecular formula is C20H18N4O3S. The Hall–Kier alpha value is -3.26. The summed E-state index contributed by atoms with van der Waals surface area (Å²) in [6.45, 7) is 4.51. The number of aromatic nitrogens is 2. The highest BCUT2D eigenvalue weighted by molar-refractivity contribution is 7.16. The van der Waals surface area contributed by atoms with E-state index >= 15 is 0 Å². The number of hydrogen-bond donors (Lipinski definition) is 1. The number of anilines is 2. The molecule has 0 saturated heterocycles. The van der Waals surface area contributed by atoms with Gasteiger partial charge in [0.1, 0.15) is 5.75 Å². The molecule has 1 aliphatic rings. The summed E-state index contributed by atoms with van der Waals surface area (Å²) in [7, 11) is 0. The van der Waals surface area contributed by atoms with Crippen LogP contribution in [0.5, 0.6) is 5.75 Å². The van der Waals surface area contributed by atoms with Gasteiger partial charge >= 0.3 is 0 Å². The van der Waals surface area contributed by atoms with E-state index in [9.17, 15) is 9.59 Å². The van der Waals surface area contributed by atoms with Gasteiger partial charge in [0, 0.05) is 29.4 Å². The van der Waals surface area contributed by atoms with Crippen LogP contribution in [0, 0.1) is 6.92 Å². The van der Waals surface area contributed by atoms with E-state index in [1.165, 1.54) is 17.5 Å². The summed E-state index contributed by atoms with van der Waals surface area (Å²) in [6.07, 6.45) is 3.13. The van der Waals surface area contributed by atoms with Crippen LogP contribution in [0.1, 0.15) is 22.2 Å². The fourth-order valence-corrected chi connectivity index (χ4v) is 3.91. The molecule has 0 atom stereocenters. The molecule has 0 fully saturated rings. The van der Waals surface area contributed by atoms with E-state index in [1.54, 1.807) is 23.2 Å². The average molecular weight is 394 g/mol. The second kappa shape index (κ2) is 7.40. The minimum atomic E-state index is -0.255. The van der Waals surface area contributed by atoms with E-state index in [2.05, 4.69) is 15.3 Å². The lowest BCUT2D eigenvalue weighted by atomic mass is 10.1. The number of pyridine rings is 1. The number of benzene rings is 1. The maximum atomic E-state index is 12.3. The third-order valence-electron chi connectivity index (χ3n) is 4.43. The number of aryl methyl sites for hydroxylation is 1. The Morgan fingerprint density at radius 1 is 1.36 bits per heavy atom. The molecule has 0 saturated carbocycles. The Labute approximate surface area is 166 Å². The molecule has 28 heavy (non-hydrogen) atoms. The van der Waals surface area contributed by atoms with Crippen LogP contribution in [-0.4, -0.2) is 34.9 Å². The van der Waals surface area contributed by atoms with Gasteiger partial charge < -0.3 is 9.64 Å². The van der Waals surface area contributed by atoms with Crippen molar-refractivity contribution in [2.24, 2.45) is 0 Å². The zero-order valence-corrected chi connectivity index (χ0v) is 16.2. The van der Waals surface area contributed by atoms with Crippen molar-refractivity contribution in [1.29, 1.82) is 0 Å². The highest BCUT2D eigenvalue weighted by Gasteiger charge is 2.25. The number of fused-ring (bicyclic) bond motifs is 1. The number of nitrogens with one attached hydrogen (secondary N) is 1. The predicted octanol–water partition coefficient (Wildman–Crippen LogP) is 3.51. The number of thiazole rings is 1. The van der Waals surface area contributed by atoms with E-state index in [0.29, 0.717) is 23.0 Å². The fraction of sp³-hybridized carbons (Fsp3) is 0.200. The summed E-state index contributed by atoms with van der Waals surface area (Å²) < 4.78 is 5.52. The van der Waals surface area contributed by atoms with Gasteiger partial charge in [-0.1, -0.05) is 0 Å². The van der Waals surface area contributed by atoms with Gasteiger partial charge in [-0.05, 0) is 44.2 Å². The lowest BCUT2D eigenvalue weighted by molar-refractivity contribution is -0.121. The highest BCUT2D eigenvalue weighted by Crippen LogP contribution is 2.38. The zero-order valence-electron chi connectivity index (χ0n) is 15.4. The number of amides is 2. The molecule has 1 aromatic carbocycles. The molecule has 4 rings (SSSR count). The van der Waals surface area contributed by atoms with E-state index in [-0.39, 0.29) is 18.4 Å². The third kappa shape index (κ3) is 3.34. The molecule has 8 heteroatoms. The molecule has 0 bridgehead atoms. The van der Waals surface area contributed by atoms with Crippen LogP contribution in [0.15, 0.2) is 42.7 Å². The Morgan fingerprint density at radius 3 is 2.96 bits per heavy atom. The van der Waals surface area contributed by atoms with Gasteiger partial charge in [-0.3, -0.25) is 19.9 Å². The summed E-state index contributed by atoms with van der Waals surface area (Å²) in [6, 6.07) is 9.08. The summed E-state index contributed by atoms with van der Waals surface area (Å²) in [4.78, 5) is 35.6. The first-order chi connectivity index (χ1) is 13.6. The lowest BCUT2D eigenvalue weighted by Crippen LogP contribution is -2.38. The molecule has 1 aliphatic heterocycles. The number of ether oxygens (including phenoxy) is 1.